The maximum atomic E-state index is 11.4. The quantitative estimate of drug-likeness (QED) is 0.758. The minimum atomic E-state index is -0.869. The lowest BCUT2D eigenvalue weighted by Gasteiger charge is -2.12. The second-order valence-electron chi connectivity index (χ2n) is 4.80. The molecule has 0 radical (unpaired) electrons. The number of imide groups is 1. The number of nitrogens with one attached hydrogen (secondary N) is 1. The second kappa shape index (κ2) is 9.15. The highest BCUT2D eigenvalue weighted by molar-refractivity contribution is 6.30. The molecule has 0 heterocycles. The van der Waals surface area contributed by atoms with Crippen LogP contribution in [0.3, 0.4) is 0 Å². The molecule has 0 unspecified atom stereocenters. The highest BCUT2D eigenvalue weighted by Crippen LogP contribution is 2.32. The first-order valence-corrected chi connectivity index (χ1v) is 8.06. The van der Waals surface area contributed by atoms with Crippen LogP contribution >= 0.6 is 23.2 Å². The SMILES string of the molecule is COc1cc(COC(=O)NC(=O)CCl)ccc1Oc1ccc(Cl)cc1. The molecule has 0 fully saturated rings. The zero-order valence-electron chi connectivity index (χ0n) is 13.3. The zero-order valence-corrected chi connectivity index (χ0v) is 14.8. The van der Waals surface area contributed by atoms with Gasteiger partial charge in [-0.05, 0) is 42.0 Å². The maximum Gasteiger partial charge on any atom is 0.414 e. The number of halogens is 2. The van der Waals surface area contributed by atoms with Crippen LogP contribution < -0.4 is 14.8 Å². The summed E-state index contributed by atoms with van der Waals surface area (Å²) in [7, 11) is 1.50. The number of carbonyl (C=O) groups excluding carboxylic acids is 2. The fourth-order valence-electron chi connectivity index (χ4n) is 1.85. The summed E-state index contributed by atoms with van der Waals surface area (Å²) in [5.41, 5.74) is 0.661. The van der Waals surface area contributed by atoms with E-state index in [1.54, 1.807) is 42.5 Å². The van der Waals surface area contributed by atoms with E-state index in [2.05, 4.69) is 0 Å². The van der Waals surface area contributed by atoms with Gasteiger partial charge in [-0.25, -0.2) is 4.79 Å². The van der Waals surface area contributed by atoms with Crippen LogP contribution in [0.15, 0.2) is 42.5 Å². The fourth-order valence-corrected chi connectivity index (χ4v) is 2.04. The number of benzene rings is 2. The minimum Gasteiger partial charge on any atom is -0.493 e. The van der Waals surface area contributed by atoms with Crippen molar-refractivity contribution in [1.82, 2.24) is 5.32 Å². The third-order valence-electron chi connectivity index (χ3n) is 3.00. The molecule has 6 nitrogen and oxygen atoms in total. The van der Waals surface area contributed by atoms with Gasteiger partial charge in [0, 0.05) is 5.02 Å². The normalized spacial score (nSPS) is 10.0. The van der Waals surface area contributed by atoms with Crippen molar-refractivity contribution in [1.29, 1.82) is 0 Å². The molecule has 0 aromatic heterocycles. The van der Waals surface area contributed by atoms with Crippen LogP contribution in [0.4, 0.5) is 4.79 Å². The summed E-state index contributed by atoms with van der Waals surface area (Å²) < 4.78 is 16.0. The molecule has 0 saturated heterocycles. The topological polar surface area (TPSA) is 73.9 Å². The molecule has 25 heavy (non-hydrogen) atoms. The Bertz CT molecular complexity index is 749. The molecule has 0 saturated carbocycles. The number of alkyl carbamates (subject to hydrolysis) is 1. The number of amides is 2. The summed E-state index contributed by atoms with van der Waals surface area (Å²) in [6, 6.07) is 12.0. The van der Waals surface area contributed by atoms with E-state index in [-0.39, 0.29) is 12.5 Å². The first-order chi connectivity index (χ1) is 12.0. The van der Waals surface area contributed by atoms with E-state index in [9.17, 15) is 9.59 Å². The Morgan fingerprint density at radius 2 is 1.80 bits per heavy atom. The van der Waals surface area contributed by atoms with Crippen LogP contribution in [0.25, 0.3) is 0 Å². The van der Waals surface area contributed by atoms with Crippen molar-refractivity contribution in [2.45, 2.75) is 6.61 Å². The van der Waals surface area contributed by atoms with Crippen molar-refractivity contribution in [2.75, 3.05) is 13.0 Å². The molecular weight excluding hydrogens is 369 g/mol. The average molecular weight is 384 g/mol. The Labute approximate surface area is 154 Å². The second-order valence-corrected chi connectivity index (χ2v) is 5.50. The van der Waals surface area contributed by atoms with Gasteiger partial charge < -0.3 is 14.2 Å². The van der Waals surface area contributed by atoms with E-state index in [1.165, 1.54) is 7.11 Å². The standard InChI is InChI=1S/C17H15Cl2NO5/c1-23-15-8-11(10-24-17(22)20-16(21)9-18)2-7-14(15)25-13-5-3-12(19)4-6-13/h2-8H,9-10H2,1H3,(H,20,21,22). The number of methoxy groups -OCH3 is 1. The van der Waals surface area contributed by atoms with Gasteiger partial charge in [-0.2, -0.15) is 0 Å². The number of hydrogen-bond donors (Lipinski definition) is 1. The maximum absolute atomic E-state index is 11.4. The molecule has 2 amide bonds. The zero-order chi connectivity index (χ0) is 18.2. The Hall–Kier alpha value is -2.44. The summed E-state index contributed by atoms with van der Waals surface area (Å²) in [5, 5.41) is 2.59. The number of ether oxygens (including phenoxy) is 3. The number of carbonyl (C=O) groups is 2. The Morgan fingerprint density at radius 3 is 2.44 bits per heavy atom. The predicted molar refractivity (Wildman–Crippen MR) is 93.6 cm³/mol. The molecule has 8 heteroatoms. The minimum absolute atomic E-state index is 0.0427. The van der Waals surface area contributed by atoms with Crippen molar-refractivity contribution in [3.63, 3.8) is 0 Å². The molecule has 0 bridgehead atoms. The third kappa shape index (κ3) is 5.85. The van der Waals surface area contributed by atoms with Gasteiger partial charge in [0.1, 0.15) is 18.2 Å². The van der Waals surface area contributed by atoms with Crippen molar-refractivity contribution in [3.05, 3.63) is 53.1 Å². The Morgan fingerprint density at radius 1 is 1.08 bits per heavy atom. The third-order valence-corrected chi connectivity index (χ3v) is 3.50. The van der Waals surface area contributed by atoms with Crippen molar-refractivity contribution >= 4 is 35.2 Å². The van der Waals surface area contributed by atoms with Crippen LogP contribution in [-0.4, -0.2) is 25.0 Å². The van der Waals surface area contributed by atoms with Gasteiger partial charge in [0.05, 0.1) is 7.11 Å². The largest absolute Gasteiger partial charge is 0.493 e. The van der Waals surface area contributed by atoms with Gasteiger partial charge in [-0.3, -0.25) is 10.1 Å². The summed E-state index contributed by atoms with van der Waals surface area (Å²) >= 11 is 11.1. The Balaban J connectivity index is 2.02. The summed E-state index contributed by atoms with van der Waals surface area (Å²) in [5.74, 6) is 0.616. The molecule has 0 aliphatic rings. The van der Waals surface area contributed by atoms with Gasteiger partial charge in [0.2, 0.25) is 5.91 Å². The summed E-state index contributed by atoms with van der Waals surface area (Å²) in [6.45, 7) is -0.0427. The lowest BCUT2D eigenvalue weighted by molar-refractivity contribution is -0.118. The highest BCUT2D eigenvalue weighted by atomic mass is 35.5. The predicted octanol–water partition coefficient (Wildman–Crippen LogP) is 4.13. The Kier molecular flexibility index (Phi) is 6.91. The molecule has 1 N–H and O–H groups in total. The smallest absolute Gasteiger partial charge is 0.414 e. The first-order valence-electron chi connectivity index (χ1n) is 7.14. The van der Waals surface area contributed by atoms with Gasteiger partial charge in [0.25, 0.3) is 0 Å². The van der Waals surface area contributed by atoms with Crippen molar-refractivity contribution in [2.24, 2.45) is 0 Å². The van der Waals surface area contributed by atoms with Crippen LogP contribution in [0.2, 0.25) is 5.02 Å². The fraction of sp³-hybridized carbons (Fsp3) is 0.176. The molecule has 2 aromatic carbocycles. The van der Waals surface area contributed by atoms with Gasteiger partial charge in [-0.1, -0.05) is 17.7 Å². The first kappa shape index (κ1) is 18.9. The van der Waals surface area contributed by atoms with Crippen LogP contribution in [0, 0.1) is 0 Å². The molecule has 0 aliphatic carbocycles. The number of rotatable bonds is 6. The molecule has 2 aromatic rings. The summed E-state index contributed by atoms with van der Waals surface area (Å²) in [6.07, 6.45) is -0.869. The van der Waals surface area contributed by atoms with E-state index < -0.39 is 12.0 Å². The van der Waals surface area contributed by atoms with Crippen LogP contribution in [0.5, 0.6) is 17.2 Å². The van der Waals surface area contributed by atoms with Gasteiger partial charge >= 0.3 is 6.09 Å². The van der Waals surface area contributed by atoms with Gasteiger partial charge in [-0.15, -0.1) is 11.6 Å². The molecule has 0 spiro atoms. The average Bonchev–Trinajstić information content (AvgIpc) is 2.62. The van der Waals surface area contributed by atoms with Crippen LogP contribution in [-0.2, 0) is 16.1 Å². The monoisotopic (exact) mass is 383 g/mol. The lowest BCUT2D eigenvalue weighted by Crippen LogP contribution is -2.31. The van der Waals surface area contributed by atoms with E-state index in [4.69, 9.17) is 37.4 Å². The van der Waals surface area contributed by atoms with E-state index in [0.717, 1.165) is 0 Å². The van der Waals surface area contributed by atoms with Gasteiger partial charge in [0.15, 0.2) is 11.5 Å². The van der Waals surface area contributed by atoms with E-state index in [0.29, 0.717) is 27.8 Å². The number of alkyl halides is 1. The van der Waals surface area contributed by atoms with E-state index >= 15 is 0 Å². The highest BCUT2D eigenvalue weighted by Gasteiger charge is 2.10. The molecule has 0 atom stereocenters. The van der Waals surface area contributed by atoms with Crippen molar-refractivity contribution < 1.29 is 23.8 Å². The molecular formula is C17H15Cl2NO5. The molecule has 2 rings (SSSR count). The van der Waals surface area contributed by atoms with Crippen LogP contribution in [0.1, 0.15) is 5.56 Å². The van der Waals surface area contributed by atoms with E-state index in [1.807, 2.05) is 5.32 Å². The summed E-state index contributed by atoms with van der Waals surface area (Å²) in [4.78, 5) is 22.4. The number of hydrogen-bond acceptors (Lipinski definition) is 5. The molecule has 132 valence electrons. The lowest BCUT2D eigenvalue weighted by atomic mass is 10.2. The van der Waals surface area contributed by atoms with Crippen molar-refractivity contribution in [3.8, 4) is 17.2 Å². The molecule has 0 aliphatic heterocycles.